The fraction of sp³-hybridized carbons (Fsp3) is 0.476. The van der Waals surface area contributed by atoms with Crippen LogP contribution in [0.5, 0.6) is 0 Å². The first kappa shape index (κ1) is 19.6. The number of para-hydroxylation sites is 1. The molecule has 1 aliphatic rings. The van der Waals surface area contributed by atoms with E-state index in [4.69, 9.17) is 9.15 Å². The zero-order chi connectivity index (χ0) is 20.3. The highest BCUT2D eigenvalue weighted by molar-refractivity contribution is 5.84. The summed E-state index contributed by atoms with van der Waals surface area (Å²) in [6.45, 7) is 8.14. The molecule has 1 amide bonds. The zero-order valence-corrected chi connectivity index (χ0v) is 16.9. The van der Waals surface area contributed by atoms with E-state index in [1.54, 1.807) is 0 Å². The van der Waals surface area contributed by atoms with Gasteiger partial charge in [-0.05, 0) is 26.0 Å². The van der Waals surface area contributed by atoms with Gasteiger partial charge in [-0.15, -0.1) is 10.2 Å². The normalized spacial score (nSPS) is 15.7. The van der Waals surface area contributed by atoms with Gasteiger partial charge in [-0.3, -0.25) is 9.69 Å². The maximum Gasteiger partial charge on any atom is 0.264 e. The van der Waals surface area contributed by atoms with Crippen molar-refractivity contribution in [2.45, 2.75) is 32.2 Å². The van der Waals surface area contributed by atoms with Gasteiger partial charge in [0, 0.05) is 48.9 Å². The Morgan fingerprint density at radius 1 is 1.24 bits per heavy atom. The highest BCUT2D eigenvalue weighted by Gasteiger charge is 2.28. The van der Waals surface area contributed by atoms with Gasteiger partial charge < -0.3 is 19.5 Å². The van der Waals surface area contributed by atoms with Crippen LogP contribution in [0, 0.1) is 0 Å². The van der Waals surface area contributed by atoms with Crippen LogP contribution < -0.4 is 5.32 Å². The van der Waals surface area contributed by atoms with Crippen LogP contribution in [-0.2, 0) is 16.0 Å². The van der Waals surface area contributed by atoms with Crippen molar-refractivity contribution >= 4 is 16.8 Å². The van der Waals surface area contributed by atoms with Gasteiger partial charge >= 0.3 is 0 Å². The number of aromatic amines is 1. The van der Waals surface area contributed by atoms with Gasteiger partial charge in [0.25, 0.3) is 5.89 Å². The molecule has 1 aromatic carbocycles. The topological polar surface area (TPSA) is 96.3 Å². The third-order valence-corrected chi connectivity index (χ3v) is 5.38. The predicted molar refractivity (Wildman–Crippen MR) is 109 cm³/mol. The summed E-state index contributed by atoms with van der Waals surface area (Å²) in [4.78, 5) is 17.9. The molecule has 4 rings (SSSR count). The van der Waals surface area contributed by atoms with Crippen molar-refractivity contribution in [1.29, 1.82) is 0 Å². The second-order valence-corrected chi connectivity index (χ2v) is 7.96. The summed E-state index contributed by atoms with van der Waals surface area (Å²) in [6.07, 6.45) is 0.727. The van der Waals surface area contributed by atoms with E-state index in [1.165, 1.54) is 0 Å². The lowest BCUT2D eigenvalue weighted by atomic mass is 10.0. The molecule has 29 heavy (non-hydrogen) atoms. The minimum atomic E-state index is -0.104. The third kappa shape index (κ3) is 4.65. The summed E-state index contributed by atoms with van der Waals surface area (Å²) >= 11 is 0. The summed E-state index contributed by atoms with van der Waals surface area (Å²) in [5.41, 5.74) is 1.69. The van der Waals surface area contributed by atoms with Crippen molar-refractivity contribution in [3.63, 3.8) is 0 Å². The maximum absolute atomic E-state index is 12.3. The molecule has 0 atom stereocenters. The smallest absolute Gasteiger partial charge is 0.264 e. The number of nitrogens with zero attached hydrogens (tertiary/aromatic N) is 3. The molecule has 0 unspecified atom stereocenters. The van der Waals surface area contributed by atoms with Gasteiger partial charge in [-0.25, -0.2) is 0 Å². The van der Waals surface area contributed by atoms with E-state index >= 15 is 0 Å². The molecule has 8 nitrogen and oxygen atoms in total. The monoisotopic (exact) mass is 397 g/mol. The van der Waals surface area contributed by atoms with Crippen LogP contribution in [0.4, 0.5) is 0 Å². The fourth-order valence-corrected chi connectivity index (χ4v) is 3.56. The largest absolute Gasteiger partial charge is 0.419 e. The van der Waals surface area contributed by atoms with E-state index in [1.807, 2.05) is 30.3 Å². The van der Waals surface area contributed by atoms with Gasteiger partial charge in [0.1, 0.15) is 5.69 Å². The molecule has 3 aromatic rings. The Labute approximate surface area is 169 Å². The number of rotatable bonds is 7. The van der Waals surface area contributed by atoms with Gasteiger partial charge in [0.2, 0.25) is 11.8 Å². The Hall–Kier alpha value is -2.71. The zero-order valence-electron chi connectivity index (χ0n) is 16.9. The molecular formula is C21H27N5O3. The number of fused-ring (bicyclic) bond motifs is 1. The lowest BCUT2D eigenvalue weighted by Gasteiger charge is -2.40. The quantitative estimate of drug-likeness (QED) is 0.635. The first-order chi connectivity index (χ1) is 14.0. The first-order valence-corrected chi connectivity index (χ1v) is 10.0. The Balaban J connectivity index is 1.28. The molecule has 0 spiro atoms. The number of nitrogens with one attached hydrogen (secondary N) is 2. The summed E-state index contributed by atoms with van der Waals surface area (Å²) in [5, 5.41) is 12.3. The average Bonchev–Trinajstić information content (AvgIpc) is 3.38. The molecule has 2 N–H and O–H groups in total. The van der Waals surface area contributed by atoms with Crippen molar-refractivity contribution in [2.24, 2.45) is 0 Å². The predicted octanol–water partition coefficient (Wildman–Crippen LogP) is 2.38. The molecule has 0 aliphatic carbocycles. The van der Waals surface area contributed by atoms with Crippen LogP contribution in [0.25, 0.3) is 22.5 Å². The number of benzene rings is 1. The highest BCUT2D eigenvalue weighted by atomic mass is 16.5. The van der Waals surface area contributed by atoms with E-state index < -0.39 is 0 Å². The number of amides is 1. The van der Waals surface area contributed by atoms with Crippen LogP contribution in [0.2, 0.25) is 0 Å². The van der Waals surface area contributed by atoms with Crippen molar-refractivity contribution in [1.82, 2.24) is 25.4 Å². The maximum atomic E-state index is 12.3. The Bertz CT molecular complexity index is 939. The van der Waals surface area contributed by atoms with Crippen molar-refractivity contribution < 1.29 is 13.9 Å². The molecule has 154 valence electrons. The standard InChI is InChI=1S/C21H27N5O3/c1-21(2,26-9-11-28-12-10-26)14-22-18(27)7-8-19-24-25-20(29-19)17-13-15-5-3-4-6-16(15)23-17/h3-6,13,23H,7-12,14H2,1-2H3,(H,22,27). The number of carbonyl (C=O) groups excluding carboxylic acids is 1. The summed E-state index contributed by atoms with van der Waals surface area (Å²) in [5.74, 6) is 0.878. The fourth-order valence-electron chi connectivity index (χ4n) is 3.56. The van der Waals surface area contributed by atoms with Crippen molar-refractivity contribution in [3.05, 3.63) is 36.2 Å². The van der Waals surface area contributed by atoms with E-state index in [0.717, 1.165) is 42.9 Å². The van der Waals surface area contributed by atoms with Gasteiger partial charge in [-0.2, -0.15) is 0 Å². The summed E-state index contributed by atoms with van der Waals surface area (Å²) < 4.78 is 11.1. The molecule has 1 fully saturated rings. The lowest BCUT2D eigenvalue weighted by Crippen LogP contribution is -2.55. The molecule has 1 saturated heterocycles. The van der Waals surface area contributed by atoms with Crippen LogP contribution in [0.15, 0.2) is 34.7 Å². The van der Waals surface area contributed by atoms with Gasteiger partial charge in [0.05, 0.1) is 13.2 Å². The first-order valence-electron chi connectivity index (χ1n) is 10.0. The Morgan fingerprint density at radius 3 is 2.83 bits per heavy atom. The average molecular weight is 397 g/mol. The molecular weight excluding hydrogens is 370 g/mol. The Morgan fingerprint density at radius 2 is 2.03 bits per heavy atom. The molecule has 0 radical (unpaired) electrons. The second-order valence-electron chi connectivity index (χ2n) is 7.96. The molecule has 1 aliphatic heterocycles. The molecule has 8 heteroatoms. The number of aromatic nitrogens is 3. The number of morpholine rings is 1. The molecule has 2 aromatic heterocycles. The number of H-pyrrole nitrogens is 1. The number of ether oxygens (including phenoxy) is 1. The van der Waals surface area contributed by atoms with E-state index in [2.05, 4.69) is 39.2 Å². The van der Waals surface area contributed by atoms with Crippen LogP contribution in [0.1, 0.15) is 26.2 Å². The van der Waals surface area contributed by atoms with Crippen LogP contribution in [0.3, 0.4) is 0 Å². The SMILES string of the molecule is CC(C)(CNC(=O)CCc1nnc(-c2cc3ccccc3[nH]2)o1)N1CCOCC1. The third-order valence-electron chi connectivity index (χ3n) is 5.38. The molecule has 0 bridgehead atoms. The second kappa shape index (κ2) is 8.34. The highest BCUT2D eigenvalue weighted by Crippen LogP contribution is 2.23. The van der Waals surface area contributed by atoms with E-state index in [9.17, 15) is 4.79 Å². The van der Waals surface area contributed by atoms with Crippen molar-refractivity contribution in [3.8, 4) is 11.6 Å². The Kier molecular flexibility index (Phi) is 5.64. The van der Waals surface area contributed by atoms with Crippen LogP contribution in [-0.4, -0.2) is 64.4 Å². The number of carbonyl (C=O) groups is 1. The molecule has 3 heterocycles. The summed E-state index contributed by atoms with van der Waals surface area (Å²) in [6, 6.07) is 9.96. The van der Waals surface area contributed by atoms with Crippen LogP contribution >= 0.6 is 0 Å². The number of hydrogen-bond donors (Lipinski definition) is 2. The van der Waals surface area contributed by atoms with Gasteiger partial charge in [0.15, 0.2) is 0 Å². The summed E-state index contributed by atoms with van der Waals surface area (Å²) in [7, 11) is 0. The van der Waals surface area contributed by atoms with E-state index in [-0.39, 0.29) is 11.4 Å². The number of aryl methyl sites for hydroxylation is 1. The molecule has 0 saturated carbocycles. The lowest BCUT2D eigenvalue weighted by molar-refractivity contribution is -0.121. The minimum Gasteiger partial charge on any atom is -0.419 e. The van der Waals surface area contributed by atoms with E-state index in [0.29, 0.717) is 31.2 Å². The van der Waals surface area contributed by atoms with Gasteiger partial charge in [-0.1, -0.05) is 18.2 Å². The van der Waals surface area contributed by atoms with Crippen molar-refractivity contribution in [2.75, 3.05) is 32.8 Å². The minimum absolute atomic E-state index is 0.0169. The number of hydrogen-bond acceptors (Lipinski definition) is 6.